The van der Waals surface area contributed by atoms with Gasteiger partial charge in [-0.1, -0.05) is 48.5 Å². The van der Waals surface area contributed by atoms with Gasteiger partial charge in [-0.15, -0.1) is 0 Å². The Hall–Kier alpha value is -3.03. The molecule has 0 spiro atoms. The van der Waals surface area contributed by atoms with E-state index in [1.54, 1.807) is 4.90 Å². The van der Waals surface area contributed by atoms with E-state index in [0.29, 0.717) is 31.6 Å². The molecular weight excluding hydrogens is 368 g/mol. The molecule has 2 atom stereocenters. The van der Waals surface area contributed by atoms with Crippen molar-refractivity contribution in [2.75, 3.05) is 6.54 Å². The zero-order valence-electron chi connectivity index (χ0n) is 16.1. The number of nitrogens with two attached hydrogens (primary N) is 1. The van der Waals surface area contributed by atoms with Crippen LogP contribution in [0.3, 0.4) is 0 Å². The highest BCUT2D eigenvalue weighted by Crippen LogP contribution is 2.29. The van der Waals surface area contributed by atoms with Crippen LogP contribution in [0.4, 0.5) is 0 Å². The van der Waals surface area contributed by atoms with Crippen LogP contribution in [-0.2, 0) is 22.7 Å². The van der Waals surface area contributed by atoms with Gasteiger partial charge in [0, 0.05) is 37.7 Å². The summed E-state index contributed by atoms with van der Waals surface area (Å²) in [7, 11) is 0. The van der Waals surface area contributed by atoms with Crippen LogP contribution in [0.5, 0.6) is 0 Å². The topological polar surface area (TPSA) is 105 Å². The molecule has 3 amide bonds. The van der Waals surface area contributed by atoms with Gasteiger partial charge in [-0.2, -0.15) is 0 Å². The number of imide groups is 1. The molecule has 2 aliphatic heterocycles. The summed E-state index contributed by atoms with van der Waals surface area (Å²) < 4.78 is 0. The number of benzene rings is 2. The third kappa shape index (κ3) is 3.92. The van der Waals surface area contributed by atoms with Gasteiger partial charge in [-0.05, 0) is 23.1 Å². The number of carbonyl (C=O) groups is 3. The van der Waals surface area contributed by atoms with Crippen molar-refractivity contribution in [2.24, 2.45) is 5.73 Å². The first kappa shape index (κ1) is 19.3. The first-order valence-electron chi connectivity index (χ1n) is 9.81. The van der Waals surface area contributed by atoms with Crippen LogP contribution >= 0.6 is 0 Å². The number of nitrogens with zero attached hydrogens (tertiary/aromatic N) is 1. The van der Waals surface area contributed by atoms with Crippen molar-refractivity contribution in [1.82, 2.24) is 15.5 Å². The molecule has 4 N–H and O–H groups in total. The van der Waals surface area contributed by atoms with Gasteiger partial charge in [0.1, 0.15) is 6.04 Å². The van der Waals surface area contributed by atoms with E-state index in [4.69, 9.17) is 5.73 Å². The summed E-state index contributed by atoms with van der Waals surface area (Å²) in [4.78, 5) is 38.3. The van der Waals surface area contributed by atoms with E-state index >= 15 is 0 Å². The lowest BCUT2D eigenvalue weighted by atomic mass is 10.0. The molecule has 2 aromatic rings. The van der Waals surface area contributed by atoms with Crippen LogP contribution < -0.4 is 16.4 Å². The third-order valence-corrected chi connectivity index (χ3v) is 5.55. The summed E-state index contributed by atoms with van der Waals surface area (Å²) in [5.41, 5.74) is 9.74. The summed E-state index contributed by atoms with van der Waals surface area (Å²) in [5, 5.41) is 5.67. The Morgan fingerprint density at radius 1 is 1.10 bits per heavy atom. The maximum atomic E-state index is 13.1. The Bertz CT molecular complexity index is 944. The van der Waals surface area contributed by atoms with Crippen LogP contribution in [0.25, 0.3) is 0 Å². The van der Waals surface area contributed by atoms with Crippen molar-refractivity contribution in [1.29, 1.82) is 0 Å². The Labute approximate surface area is 169 Å². The number of rotatable bonds is 6. The summed E-state index contributed by atoms with van der Waals surface area (Å²) in [6, 6.07) is 14.9. The molecule has 7 nitrogen and oxygen atoms in total. The largest absolute Gasteiger partial charge is 0.323 e. The van der Waals surface area contributed by atoms with Gasteiger partial charge in [0.25, 0.3) is 5.91 Å². The fourth-order valence-corrected chi connectivity index (χ4v) is 4.02. The molecule has 1 unspecified atom stereocenters. The Morgan fingerprint density at radius 2 is 1.90 bits per heavy atom. The Morgan fingerprint density at radius 3 is 2.66 bits per heavy atom. The summed E-state index contributed by atoms with van der Waals surface area (Å²) in [6.45, 7) is 1.48. The lowest BCUT2D eigenvalue weighted by Crippen LogP contribution is -2.52. The van der Waals surface area contributed by atoms with Crippen LogP contribution in [0, 0.1) is 0 Å². The number of piperidine rings is 1. The van der Waals surface area contributed by atoms with Gasteiger partial charge in [0.15, 0.2) is 0 Å². The van der Waals surface area contributed by atoms with Crippen LogP contribution in [0.1, 0.15) is 45.9 Å². The standard InChI is InChI=1S/C22H24N4O3/c23-17(14-5-2-1-3-6-14)12-24-11-15-7-4-8-16-13-26(22(29)20(15)16)18-9-10-19(27)25-21(18)28/h1-8,17-18,24H,9-13,23H2,(H,25,27,28)/t17-,18?/m1/s1. The quantitative estimate of drug-likeness (QED) is 0.642. The predicted molar refractivity (Wildman–Crippen MR) is 108 cm³/mol. The second kappa shape index (κ2) is 8.14. The third-order valence-electron chi connectivity index (χ3n) is 5.55. The molecule has 2 heterocycles. The molecule has 0 bridgehead atoms. The Kier molecular flexibility index (Phi) is 5.42. The minimum atomic E-state index is -0.597. The van der Waals surface area contributed by atoms with Crippen molar-refractivity contribution in [2.45, 2.75) is 38.0 Å². The minimum Gasteiger partial charge on any atom is -0.323 e. The second-order valence-electron chi connectivity index (χ2n) is 7.50. The second-order valence-corrected chi connectivity index (χ2v) is 7.50. The van der Waals surface area contributed by atoms with Crippen LogP contribution in [0.15, 0.2) is 48.5 Å². The highest BCUT2D eigenvalue weighted by atomic mass is 16.2. The number of nitrogens with one attached hydrogen (secondary N) is 2. The van der Waals surface area contributed by atoms with E-state index in [1.807, 2.05) is 48.5 Å². The molecule has 4 rings (SSSR count). The highest BCUT2D eigenvalue weighted by Gasteiger charge is 2.39. The van der Waals surface area contributed by atoms with E-state index in [2.05, 4.69) is 10.6 Å². The van der Waals surface area contributed by atoms with Crippen LogP contribution in [-0.4, -0.2) is 35.2 Å². The lowest BCUT2D eigenvalue weighted by molar-refractivity contribution is -0.136. The average molecular weight is 392 g/mol. The fraction of sp³-hybridized carbons (Fsp3) is 0.318. The molecule has 0 saturated carbocycles. The van der Waals surface area contributed by atoms with Crippen molar-refractivity contribution in [3.05, 3.63) is 70.8 Å². The van der Waals surface area contributed by atoms with Crippen molar-refractivity contribution < 1.29 is 14.4 Å². The smallest absolute Gasteiger partial charge is 0.255 e. The zero-order valence-corrected chi connectivity index (χ0v) is 16.1. The molecule has 2 aromatic carbocycles. The maximum Gasteiger partial charge on any atom is 0.255 e. The van der Waals surface area contributed by atoms with Gasteiger partial charge in [0.2, 0.25) is 11.8 Å². The van der Waals surface area contributed by atoms with Gasteiger partial charge in [-0.25, -0.2) is 0 Å². The normalized spacial score (nSPS) is 19.8. The molecule has 0 aromatic heterocycles. The molecule has 29 heavy (non-hydrogen) atoms. The number of amides is 3. The average Bonchev–Trinajstić information content (AvgIpc) is 3.06. The molecule has 1 fully saturated rings. The van der Waals surface area contributed by atoms with Gasteiger partial charge in [0.05, 0.1) is 0 Å². The van der Waals surface area contributed by atoms with Crippen molar-refractivity contribution >= 4 is 17.7 Å². The molecular formula is C22H24N4O3. The van der Waals surface area contributed by atoms with E-state index in [1.165, 1.54) is 0 Å². The monoisotopic (exact) mass is 392 g/mol. The number of fused-ring (bicyclic) bond motifs is 1. The first-order chi connectivity index (χ1) is 14.0. The summed E-state index contributed by atoms with van der Waals surface area (Å²) in [5.74, 6) is -0.828. The highest BCUT2D eigenvalue weighted by molar-refractivity contribution is 6.05. The minimum absolute atomic E-state index is 0.136. The summed E-state index contributed by atoms with van der Waals surface area (Å²) >= 11 is 0. The van der Waals surface area contributed by atoms with E-state index in [-0.39, 0.29) is 24.3 Å². The Balaban J connectivity index is 1.43. The lowest BCUT2D eigenvalue weighted by Gasteiger charge is -2.29. The van der Waals surface area contributed by atoms with Crippen molar-refractivity contribution in [3.63, 3.8) is 0 Å². The molecule has 1 saturated heterocycles. The predicted octanol–water partition coefficient (Wildman–Crippen LogP) is 1.24. The number of hydrogen-bond donors (Lipinski definition) is 3. The van der Waals surface area contributed by atoms with Crippen molar-refractivity contribution in [3.8, 4) is 0 Å². The van der Waals surface area contributed by atoms with E-state index < -0.39 is 11.9 Å². The van der Waals surface area contributed by atoms with E-state index in [0.717, 1.165) is 16.7 Å². The van der Waals surface area contributed by atoms with Gasteiger partial charge < -0.3 is 16.0 Å². The molecule has 0 radical (unpaired) electrons. The van der Waals surface area contributed by atoms with E-state index in [9.17, 15) is 14.4 Å². The number of carbonyl (C=O) groups excluding carboxylic acids is 3. The molecule has 7 heteroatoms. The SMILES string of the molecule is N[C@H](CNCc1cccc2c1C(=O)N(C1CCC(=O)NC1=O)C2)c1ccccc1. The molecule has 150 valence electrons. The maximum absolute atomic E-state index is 13.1. The van der Waals surface area contributed by atoms with Gasteiger partial charge >= 0.3 is 0 Å². The first-order valence-corrected chi connectivity index (χ1v) is 9.81. The zero-order chi connectivity index (χ0) is 20.4. The molecule has 0 aliphatic carbocycles. The molecule has 2 aliphatic rings. The summed E-state index contributed by atoms with van der Waals surface area (Å²) in [6.07, 6.45) is 0.617. The van der Waals surface area contributed by atoms with Crippen LogP contribution in [0.2, 0.25) is 0 Å². The fourth-order valence-electron chi connectivity index (χ4n) is 4.02. The number of hydrogen-bond acceptors (Lipinski definition) is 5. The van der Waals surface area contributed by atoms with Gasteiger partial charge in [-0.3, -0.25) is 19.7 Å².